The van der Waals surface area contributed by atoms with Crippen LogP contribution in [0.5, 0.6) is 11.5 Å². The van der Waals surface area contributed by atoms with Crippen LogP contribution in [0.1, 0.15) is 16.1 Å². The number of aromatic carboxylic acids is 1. The van der Waals surface area contributed by atoms with Gasteiger partial charge in [0.05, 0.1) is 29.1 Å². The summed E-state index contributed by atoms with van der Waals surface area (Å²) in [5.41, 5.74) is 0.698. The number of anilines is 1. The van der Waals surface area contributed by atoms with Crippen molar-refractivity contribution >= 4 is 33.3 Å². The molecule has 156 valence electrons. The monoisotopic (exact) mass is 448 g/mol. The summed E-state index contributed by atoms with van der Waals surface area (Å²) in [7, 11) is -2.85. The molecule has 0 amide bonds. The number of carboxylic acid groups (broad SMARTS) is 1. The van der Waals surface area contributed by atoms with Crippen LogP contribution in [0.4, 0.5) is 5.69 Å². The maximum atomic E-state index is 12.8. The number of sulfonamides is 1. The maximum absolute atomic E-state index is 12.8. The molecule has 1 heterocycles. The SMILES string of the molecule is COc1ccc(C(=O)O)cc1S(=O)(=O)Nc1ccc(OCc2ccccn2)c(Cl)c1. The Bertz CT molecular complexity index is 1170. The van der Waals surface area contributed by atoms with Crippen LogP contribution in [0, 0.1) is 0 Å². The number of rotatable bonds is 8. The molecule has 1 aromatic heterocycles. The molecule has 8 nitrogen and oxygen atoms in total. The van der Waals surface area contributed by atoms with Crippen LogP contribution < -0.4 is 14.2 Å². The lowest BCUT2D eigenvalue weighted by molar-refractivity contribution is 0.0696. The van der Waals surface area contributed by atoms with Gasteiger partial charge in [0, 0.05) is 6.20 Å². The zero-order chi connectivity index (χ0) is 21.7. The van der Waals surface area contributed by atoms with Crippen LogP contribution in [-0.4, -0.2) is 31.6 Å². The largest absolute Gasteiger partial charge is 0.495 e. The molecule has 3 rings (SSSR count). The van der Waals surface area contributed by atoms with Gasteiger partial charge >= 0.3 is 5.97 Å². The standard InChI is InChI=1S/C20H17ClN2O6S/c1-28-18-7-5-13(20(24)25)10-19(18)30(26,27)23-14-6-8-17(16(21)11-14)29-12-15-4-2-3-9-22-15/h2-11,23H,12H2,1H3,(H,24,25). The third kappa shape index (κ3) is 5.00. The Morgan fingerprint density at radius 2 is 1.90 bits per heavy atom. The van der Waals surface area contributed by atoms with E-state index in [4.69, 9.17) is 26.2 Å². The molecule has 0 aliphatic heterocycles. The molecule has 0 radical (unpaired) electrons. The number of aromatic nitrogens is 1. The molecule has 0 bridgehead atoms. The smallest absolute Gasteiger partial charge is 0.335 e. The zero-order valence-electron chi connectivity index (χ0n) is 15.7. The Kier molecular flexibility index (Phi) is 6.43. The summed E-state index contributed by atoms with van der Waals surface area (Å²) in [5, 5.41) is 9.33. The summed E-state index contributed by atoms with van der Waals surface area (Å²) in [6, 6.07) is 13.4. The molecule has 0 saturated carbocycles. The quantitative estimate of drug-likeness (QED) is 0.538. The van der Waals surface area contributed by atoms with Crippen molar-refractivity contribution < 1.29 is 27.8 Å². The van der Waals surface area contributed by atoms with E-state index in [9.17, 15) is 13.2 Å². The van der Waals surface area contributed by atoms with Crippen molar-refractivity contribution in [2.75, 3.05) is 11.8 Å². The fourth-order valence-electron chi connectivity index (χ4n) is 2.55. The highest BCUT2D eigenvalue weighted by atomic mass is 35.5. The minimum Gasteiger partial charge on any atom is -0.495 e. The highest BCUT2D eigenvalue weighted by Gasteiger charge is 2.22. The summed E-state index contributed by atoms with van der Waals surface area (Å²) in [5.74, 6) is -0.892. The number of methoxy groups -OCH3 is 1. The van der Waals surface area contributed by atoms with Crippen molar-refractivity contribution in [3.05, 3.63) is 77.1 Å². The Morgan fingerprint density at radius 3 is 2.53 bits per heavy atom. The van der Waals surface area contributed by atoms with Crippen LogP contribution >= 0.6 is 11.6 Å². The minimum absolute atomic E-state index is 0.00825. The van der Waals surface area contributed by atoms with Gasteiger partial charge in [0.1, 0.15) is 23.0 Å². The molecule has 10 heteroatoms. The fraction of sp³-hybridized carbons (Fsp3) is 0.100. The molecule has 0 fully saturated rings. The summed E-state index contributed by atoms with van der Waals surface area (Å²) in [4.78, 5) is 15.0. The molecular formula is C20H17ClN2O6S. The average Bonchev–Trinajstić information content (AvgIpc) is 2.73. The first-order valence-corrected chi connectivity index (χ1v) is 10.4. The number of pyridine rings is 1. The van der Waals surface area contributed by atoms with Crippen molar-refractivity contribution in [1.82, 2.24) is 4.98 Å². The molecule has 2 N–H and O–H groups in total. The highest BCUT2D eigenvalue weighted by Crippen LogP contribution is 2.31. The Labute approximate surface area is 178 Å². The van der Waals surface area contributed by atoms with E-state index in [-0.39, 0.29) is 33.5 Å². The van der Waals surface area contributed by atoms with Crippen LogP contribution in [0.3, 0.4) is 0 Å². The molecule has 30 heavy (non-hydrogen) atoms. The predicted molar refractivity (Wildman–Crippen MR) is 111 cm³/mol. The van der Waals surface area contributed by atoms with Crippen LogP contribution in [-0.2, 0) is 16.6 Å². The lowest BCUT2D eigenvalue weighted by Gasteiger charge is -2.13. The van der Waals surface area contributed by atoms with Crippen LogP contribution in [0.15, 0.2) is 65.7 Å². The first kappa shape index (κ1) is 21.4. The highest BCUT2D eigenvalue weighted by molar-refractivity contribution is 7.92. The van der Waals surface area contributed by atoms with E-state index in [0.29, 0.717) is 11.4 Å². The van der Waals surface area contributed by atoms with Gasteiger partial charge in [0.2, 0.25) is 0 Å². The zero-order valence-corrected chi connectivity index (χ0v) is 17.3. The summed E-state index contributed by atoms with van der Waals surface area (Å²) >= 11 is 6.21. The number of hydrogen-bond donors (Lipinski definition) is 2. The average molecular weight is 449 g/mol. The third-order valence-corrected chi connectivity index (χ3v) is 5.68. The van der Waals surface area contributed by atoms with Gasteiger partial charge in [-0.2, -0.15) is 0 Å². The van der Waals surface area contributed by atoms with E-state index in [0.717, 1.165) is 6.07 Å². The van der Waals surface area contributed by atoms with Crippen molar-refractivity contribution in [3.63, 3.8) is 0 Å². The van der Waals surface area contributed by atoms with Crippen molar-refractivity contribution in [3.8, 4) is 11.5 Å². The molecule has 0 aliphatic rings. The van der Waals surface area contributed by atoms with Gasteiger partial charge in [0.25, 0.3) is 10.0 Å². The minimum atomic E-state index is -4.14. The van der Waals surface area contributed by atoms with Gasteiger partial charge in [-0.05, 0) is 48.5 Å². The molecular weight excluding hydrogens is 432 g/mol. The topological polar surface area (TPSA) is 115 Å². The lowest BCUT2D eigenvalue weighted by atomic mass is 10.2. The molecule has 0 spiro atoms. The van der Waals surface area contributed by atoms with Gasteiger partial charge in [-0.15, -0.1) is 0 Å². The maximum Gasteiger partial charge on any atom is 0.335 e. The van der Waals surface area contributed by atoms with E-state index in [2.05, 4.69) is 9.71 Å². The van der Waals surface area contributed by atoms with E-state index in [1.807, 2.05) is 6.07 Å². The van der Waals surface area contributed by atoms with E-state index < -0.39 is 16.0 Å². The van der Waals surface area contributed by atoms with Crippen LogP contribution in [0.2, 0.25) is 5.02 Å². The van der Waals surface area contributed by atoms with Gasteiger partial charge in [0.15, 0.2) is 0 Å². The number of carbonyl (C=O) groups is 1. The van der Waals surface area contributed by atoms with Gasteiger partial charge in [-0.25, -0.2) is 13.2 Å². The number of halogens is 1. The molecule has 0 aliphatic carbocycles. The van der Waals surface area contributed by atoms with Gasteiger partial charge in [-0.3, -0.25) is 9.71 Å². The van der Waals surface area contributed by atoms with Gasteiger partial charge in [-0.1, -0.05) is 17.7 Å². The fourth-order valence-corrected chi connectivity index (χ4v) is 4.03. The molecule has 2 aromatic carbocycles. The number of carboxylic acids is 1. The summed E-state index contributed by atoms with van der Waals surface area (Å²) in [6.07, 6.45) is 1.64. The number of nitrogens with zero attached hydrogens (tertiary/aromatic N) is 1. The third-order valence-electron chi connectivity index (χ3n) is 3.99. The van der Waals surface area contributed by atoms with Crippen molar-refractivity contribution in [1.29, 1.82) is 0 Å². The second-order valence-electron chi connectivity index (χ2n) is 6.03. The summed E-state index contributed by atoms with van der Waals surface area (Å²) in [6.45, 7) is 0.199. The van der Waals surface area contributed by atoms with E-state index >= 15 is 0 Å². The molecule has 0 saturated heterocycles. The number of nitrogens with one attached hydrogen (secondary N) is 1. The summed E-state index contributed by atoms with van der Waals surface area (Å²) < 4.78 is 38.6. The first-order valence-electron chi connectivity index (χ1n) is 8.56. The van der Waals surface area contributed by atoms with E-state index in [1.54, 1.807) is 18.3 Å². The Morgan fingerprint density at radius 1 is 1.13 bits per heavy atom. The Hall–Kier alpha value is -3.30. The van der Waals surface area contributed by atoms with Crippen molar-refractivity contribution in [2.45, 2.75) is 11.5 Å². The van der Waals surface area contributed by atoms with Crippen molar-refractivity contribution in [2.24, 2.45) is 0 Å². The lowest BCUT2D eigenvalue weighted by Crippen LogP contribution is -2.15. The predicted octanol–water partition coefficient (Wildman–Crippen LogP) is 3.82. The first-order chi connectivity index (χ1) is 14.3. The normalized spacial score (nSPS) is 11.0. The number of hydrogen-bond acceptors (Lipinski definition) is 6. The number of benzene rings is 2. The molecule has 0 atom stereocenters. The second kappa shape index (κ2) is 9.02. The second-order valence-corrected chi connectivity index (χ2v) is 8.09. The molecule has 3 aromatic rings. The number of ether oxygens (including phenoxy) is 2. The van der Waals surface area contributed by atoms with E-state index in [1.165, 1.54) is 37.4 Å². The molecule has 0 unspecified atom stereocenters. The Balaban J connectivity index is 1.81. The van der Waals surface area contributed by atoms with Crippen LogP contribution in [0.25, 0.3) is 0 Å². The van der Waals surface area contributed by atoms with Gasteiger partial charge < -0.3 is 14.6 Å².